The van der Waals surface area contributed by atoms with E-state index >= 15 is 0 Å². The number of pyridine rings is 1. The maximum Gasteiger partial charge on any atom is 0.315 e. The summed E-state index contributed by atoms with van der Waals surface area (Å²) >= 11 is 0. The molecule has 3 rings (SSSR count). The second-order valence-electron chi connectivity index (χ2n) is 6.95. The average Bonchev–Trinajstić information content (AvgIpc) is 3.32. The van der Waals surface area contributed by atoms with Crippen molar-refractivity contribution >= 4 is 11.9 Å². The van der Waals surface area contributed by atoms with Crippen molar-refractivity contribution in [3.05, 3.63) is 78.0 Å². The summed E-state index contributed by atoms with van der Waals surface area (Å²) in [6.07, 6.45) is 6.31. The number of urea groups is 1. The normalized spacial score (nSPS) is 11.5. The molecule has 2 heterocycles. The van der Waals surface area contributed by atoms with Crippen LogP contribution >= 0.6 is 0 Å². The molecule has 0 spiro atoms. The van der Waals surface area contributed by atoms with Crippen molar-refractivity contribution in [1.82, 2.24) is 30.7 Å². The first kappa shape index (κ1) is 21.9. The molecule has 0 saturated heterocycles. The maximum atomic E-state index is 13.0. The lowest BCUT2D eigenvalue weighted by Crippen LogP contribution is -2.49. The highest BCUT2D eigenvalue weighted by atomic mass is 19.1. The average molecular weight is 424 g/mol. The monoisotopic (exact) mass is 424 g/mol. The van der Waals surface area contributed by atoms with E-state index in [2.05, 4.69) is 26.0 Å². The maximum absolute atomic E-state index is 13.0. The van der Waals surface area contributed by atoms with Crippen molar-refractivity contribution in [2.45, 2.75) is 38.9 Å². The molecule has 1 atom stereocenters. The third-order valence-corrected chi connectivity index (χ3v) is 4.61. The Balaban J connectivity index is 1.55. The van der Waals surface area contributed by atoms with E-state index in [9.17, 15) is 14.0 Å². The topological polar surface area (TPSA) is 101 Å². The molecule has 8 nitrogen and oxygen atoms in total. The van der Waals surface area contributed by atoms with Crippen molar-refractivity contribution in [3.63, 3.8) is 0 Å². The van der Waals surface area contributed by atoms with E-state index < -0.39 is 12.1 Å². The Kier molecular flexibility index (Phi) is 7.69. The molecule has 162 valence electrons. The molecule has 31 heavy (non-hydrogen) atoms. The van der Waals surface area contributed by atoms with Gasteiger partial charge in [0.2, 0.25) is 5.91 Å². The lowest BCUT2D eigenvalue weighted by atomic mass is 10.1. The van der Waals surface area contributed by atoms with E-state index in [0.29, 0.717) is 12.2 Å². The standard InChI is InChI=1S/C22H25FN6O2/c1-2-5-19(28-22(31)26-14-16-7-9-18(23)10-8-16)21(30)25-15-17-6-3-11-24-20(17)29-13-4-12-27-29/h3-4,6-13,19H,2,5,14-15H2,1H3,(H,25,30)(H2,26,28,31). The van der Waals surface area contributed by atoms with Crippen molar-refractivity contribution in [2.24, 2.45) is 0 Å². The molecular formula is C22H25FN6O2. The fourth-order valence-electron chi connectivity index (χ4n) is 3.03. The van der Waals surface area contributed by atoms with Crippen molar-refractivity contribution < 1.29 is 14.0 Å². The van der Waals surface area contributed by atoms with Crippen LogP contribution in [-0.4, -0.2) is 32.7 Å². The van der Waals surface area contributed by atoms with Gasteiger partial charge in [0.25, 0.3) is 0 Å². The number of hydrogen-bond donors (Lipinski definition) is 3. The number of nitrogens with one attached hydrogen (secondary N) is 3. The molecule has 0 aliphatic heterocycles. The zero-order valence-corrected chi connectivity index (χ0v) is 17.2. The van der Waals surface area contributed by atoms with Crippen LogP contribution in [0.4, 0.5) is 9.18 Å². The van der Waals surface area contributed by atoms with E-state index in [1.165, 1.54) is 12.1 Å². The molecule has 2 aromatic heterocycles. The first-order valence-electron chi connectivity index (χ1n) is 10.1. The minimum Gasteiger partial charge on any atom is -0.350 e. The highest BCUT2D eigenvalue weighted by molar-refractivity contribution is 5.87. The first-order valence-corrected chi connectivity index (χ1v) is 10.1. The summed E-state index contributed by atoms with van der Waals surface area (Å²) in [5, 5.41) is 12.4. The lowest BCUT2D eigenvalue weighted by molar-refractivity contribution is -0.123. The van der Waals surface area contributed by atoms with Crippen LogP contribution in [0.25, 0.3) is 5.82 Å². The Morgan fingerprint density at radius 1 is 1.06 bits per heavy atom. The van der Waals surface area contributed by atoms with Crippen LogP contribution in [0, 0.1) is 5.82 Å². The zero-order chi connectivity index (χ0) is 22.1. The van der Waals surface area contributed by atoms with Gasteiger partial charge in [-0.1, -0.05) is 31.5 Å². The fourth-order valence-corrected chi connectivity index (χ4v) is 3.03. The Morgan fingerprint density at radius 3 is 2.58 bits per heavy atom. The molecule has 0 radical (unpaired) electrons. The van der Waals surface area contributed by atoms with E-state index in [4.69, 9.17) is 0 Å². The minimum atomic E-state index is -0.678. The van der Waals surface area contributed by atoms with Crippen LogP contribution in [0.2, 0.25) is 0 Å². The summed E-state index contributed by atoms with van der Waals surface area (Å²) in [7, 11) is 0. The number of halogens is 1. The second kappa shape index (κ2) is 10.9. The van der Waals surface area contributed by atoms with Gasteiger partial charge < -0.3 is 16.0 Å². The predicted octanol–water partition coefficient (Wildman–Crippen LogP) is 2.69. The zero-order valence-electron chi connectivity index (χ0n) is 17.2. The molecule has 0 aliphatic rings. The number of carbonyl (C=O) groups is 2. The van der Waals surface area contributed by atoms with Gasteiger partial charge in [-0.25, -0.2) is 18.9 Å². The van der Waals surface area contributed by atoms with Gasteiger partial charge >= 0.3 is 6.03 Å². The van der Waals surface area contributed by atoms with E-state index in [-0.39, 0.29) is 24.8 Å². The van der Waals surface area contributed by atoms with Gasteiger partial charge in [0.15, 0.2) is 5.82 Å². The number of benzene rings is 1. The van der Waals surface area contributed by atoms with Crippen LogP contribution in [0.3, 0.4) is 0 Å². The number of aromatic nitrogens is 3. The number of rotatable bonds is 9. The van der Waals surface area contributed by atoms with Gasteiger partial charge in [0.1, 0.15) is 11.9 Å². The summed E-state index contributed by atoms with van der Waals surface area (Å²) in [5.74, 6) is 0.0103. The lowest BCUT2D eigenvalue weighted by Gasteiger charge is -2.19. The van der Waals surface area contributed by atoms with Crippen LogP contribution in [0.15, 0.2) is 61.1 Å². The fraction of sp³-hybridized carbons (Fsp3) is 0.273. The minimum absolute atomic E-state index is 0.232. The molecule has 0 fully saturated rings. The molecule has 0 saturated carbocycles. The Labute approximate surface area is 179 Å². The third-order valence-electron chi connectivity index (χ3n) is 4.61. The summed E-state index contributed by atoms with van der Waals surface area (Å²) in [4.78, 5) is 29.3. The summed E-state index contributed by atoms with van der Waals surface area (Å²) in [6, 6.07) is 10.2. The van der Waals surface area contributed by atoms with Crippen molar-refractivity contribution in [1.29, 1.82) is 0 Å². The molecule has 1 unspecified atom stereocenters. The summed E-state index contributed by atoms with van der Waals surface area (Å²) < 4.78 is 14.6. The van der Waals surface area contributed by atoms with Crippen LogP contribution in [-0.2, 0) is 17.9 Å². The molecule has 0 bridgehead atoms. The molecule has 0 aliphatic carbocycles. The van der Waals surface area contributed by atoms with Gasteiger partial charge in [0, 0.05) is 37.2 Å². The highest BCUT2D eigenvalue weighted by Crippen LogP contribution is 2.10. The number of hydrogen-bond acceptors (Lipinski definition) is 4. The van der Waals surface area contributed by atoms with Crippen molar-refractivity contribution in [3.8, 4) is 5.82 Å². The van der Waals surface area contributed by atoms with Crippen molar-refractivity contribution in [2.75, 3.05) is 0 Å². The molecule has 1 aromatic carbocycles. The van der Waals surface area contributed by atoms with E-state index in [0.717, 1.165) is 17.5 Å². The number of amides is 3. The third kappa shape index (κ3) is 6.36. The highest BCUT2D eigenvalue weighted by Gasteiger charge is 2.20. The second-order valence-corrected chi connectivity index (χ2v) is 6.95. The summed E-state index contributed by atoms with van der Waals surface area (Å²) in [5.41, 5.74) is 1.56. The van der Waals surface area contributed by atoms with Crippen LogP contribution in [0.1, 0.15) is 30.9 Å². The largest absolute Gasteiger partial charge is 0.350 e. The van der Waals surface area contributed by atoms with Crippen LogP contribution in [0.5, 0.6) is 0 Å². The van der Waals surface area contributed by atoms with E-state index in [1.807, 2.05) is 13.0 Å². The molecule has 3 amide bonds. The Hall–Kier alpha value is -3.75. The molecule has 3 aromatic rings. The molecule has 3 N–H and O–H groups in total. The smallest absolute Gasteiger partial charge is 0.315 e. The van der Waals surface area contributed by atoms with Gasteiger partial charge in [-0.15, -0.1) is 0 Å². The van der Waals surface area contributed by atoms with Gasteiger partial charge in [-0.3, -0.25) is 4.79 Å². The summed E-state index contributed by atoms with van der Waals surface area (Å²) in [6.45, 7) is 2.42. The van der Waals surface area contributed by atoms with Gasteiger partial charge in [0.05, 0.1) is 0 Å². The predicted molar refractivity (Wildman–Crippen MR) is 114 cm³/mol. The Bertz CT molecular complexity index is 992. The number of carbonyl (C=O) groups excluding carboxylic acids is 2. The van der Waals surface area contributed by atoms with Gasteiger partial charge in [-0.05, 0) is 36.2 Å². The Morgan fingerprint density at radius 2 is 1.87 bits per heavy atom. The van der Waals surface area contributed by atoms with Gasteiger partial charge in [-0.2, -0.15) is 5.10 Å². The quantitative estimate of drug-likeness (QED) is 0.492. The molecule has 9 heteroatoms. The van der Waals surface area contributed by atoms with E-state index in [1.54, 1.807) is 47.5 Å². The van der Waals surface area contributed by atoms with Crippen LogP contribution < -0.4 is 16.0 Å². The molecular weight excluding hydrogens is 399 g/mol. The first-order chi connectivity index (χ1) is 15.1. The SMILES string of the molecule is CCCC(NC(=O)NCc1ccc(F)cc1)C(=O)NCc1cccnc1-n1cccn1. The number of nitrogens with zero attached hydrogens (tertiary/aromatic N) is 3.